The molecule has 0 radical (unpaired) electrons. The first-order valence-corrected chi connectivity index (χ1v) is 30.6. The van der Waals surface area contributed by atoms with Gasteiger partial charge in [0.15, 0.2) is 11.5 Å². The molecule has 3 aromatic carbocycles. The minimum atomic E-state index is -4.16. The van der Waals surface area contributed by atoms with E-state index in [-0.39, 0.29) is 50.4 Å². The number of rotatable bonds is 29. The van der Waals surface area contributed by atoms with Crippen LogP contribution in [-0.2, 0) is 45.2 Å². The summed E-state index contributed by atoms with van der Waals surface area (Å²) in [6, 6.07) is 16.5. The minimum Gasteiger partial charge on any atom is -0.474 e. The topological polar surface area (TPSA) is 252 Å². The van der Waals surface area contributed by atoms with Gasteiger partial charge >= 0.3 is 0 Å². The Kier molecular flexibility index (Phi) is 21.9. The maximum absolute atomic E-state index is 14.4. The van der Waals surface area contributed by atoms with Gasteiger partial charge in [0.2, 0.25) is 23.6 Å². The lowest BCUT2D eigenvalue weighted by molar-refractivity contribution is -0.144. The number of likely N-dealkylation sites (tertiary alicyclic amines) is 1. The number of morpholine rings is 1. The van der Waals surface area contributed by atoms with Gasteiger partial charge in [-0.05, 0) is 105 Å². The highest BCUT2D eigenvalue weighted by Crippen LogP contribution is 2.31. The van der Waals surface area contributed by atoms with Crippen LogP contribution in [0, 0.1) is 25.1 Å². The van der Waals surface area contributed by atoms with E-state index in [0.29, 0.717) is 53.7 Å². The number of fused-ring (bicyclic) bond motifs is 1. The van der Waals surface area contributed by atoms with Crippen LogP contribution in [0.15, 0.2) is 83.3 Å². The Morgan fingerprint density at radius 3 is 2.32 bits per heavy atom. The van der Waals surface area contributed by atoms with Crippen LogP contribution in [0.3, 0.4) is 0 Å². The van der Waals surface area contributed by atoms with Crippen molar-refractivity contribution in [1.82, 2.24) is 45.6 Å². The summed E-state index contributed by atoms with van der Waals surface area (Å²) in [6.07, 6.45) is 8.60. The minimum absolute atomic E-state index is 0.000605. The second kappa shape index (κ2) is 29.2. The fraction of sp³-hybridized carbons (Fsp3) is 0.508. The number of nitrogens with zero attached hydrogens (tertiary/aromatic N) is 6. The number of aromatic nitrogens is 5. The number of benzene rings is 3. The maximum Gasteiger partial charge on any atom is 0.264 e. The molecule has 0 saturated carbocycles. The average Bonchev–Trinajstić information content (AvgIpc) is 4.23. The van der Waals surface area contributed by atoms with Crippen molar-refractivity contribution in [3.05, 3.63) is 101 Å². The molecule has 0 aliphatic carbocycles. The summed E-state index contributed by atoms with van der Waals surface area (Å²) >= 11 is 1.57. The van der Waals surface area contributed by atoms with E-state index in [9.17, 15) is 32.3 Å². The Labute approximate surface area is 483 Å². The normalized spacial score (nSPS) is 17.3. The first kappa shape index (κ1) is 61.6. The van der Waals surface area contributed by atoms with Crippen molar-refractivity contribution in [2.24, 2.45) is 5.41 Å². The monoisotopic (exact) mass is 1170 g/mol. The molecule has 8 rings (SSSR count). The zero-order valence-electron chi connectivity index (χ0n) is 47.5. The summed E-state index contributed by atoms with van der Waals surface area (Å²) in [5.74, 6) is -1.32. The molecule has 0 bridgehead atoms. The van der Waals surface area contributed by atoms with Gasteiger partial charge < -0.3 is 39.6 Å². The molecule has 0 spiro atoms. The van der Waals surface area contributed by atoms with Crippen molar-refractivity contribution in [1.29, 1.82) is 0 Å². The number of hydrogen-bond acceptors (Lipinski definition) is 16. The van der Waals surface area contributed by atoms with E-state index in [1.165, 1.54) is 17.0 Å². The number of ether oxygens (including phenoxy) is 4. The number of aromatic amines is 1. The number of aliphatic hydroxyl groups is 1. The third-order valence-electron chi connectivity index (χ3n) is 14.5. The molecule has 3 amide bonds. The maximum atomic E-state index is 14.4. The number of anilines is 1. The van der Waals surface area contributed by atoms with Gasteiger partial charge in [0, 0.05) is 63.7 Å². The Morgan fingerprint density at radius 2 is 1.61 bits per heavy atom. The van der Waals surface area contributed by atoms with E-state index >= 15 is 0 Å². The fourth-order valence-electron chi connectivity index (χ4n) is 9.92. The Bertz CT molecular complexity index is 3170. The van der Waals surface area contributed by atoms with Crippen molar-refractivity contribution in [3.8, 4) is 27.7 Å². The Morgan fingerprint density at radius 1 is 0.902 bits per heavy atom. The number of β-amino-alcohol motifs (C(OH)–C–C–N with tert-alkyl or cyclic N) is 1. The fourth-order valence-corrected chi connectivity index (χ4v) is 12.0. The molecule has 5 N–H and O–H groups in total. The van der Waals surface area contributed by atoms with Crippen LogP contribution in [-0.4, -0.2) is 156 Å². The van der Waals surface area contributed by atoms with E-state index < -0.39 is 56.2 Å². The molecule has 2 fully saturated rings. The van der Waals surface area contributed by atoms with Crippen molar-refractivity contribution >= 4 is 55.8 Å². The van der Waals surface area contributed by atoms with Crippen LogP contribution in [0.1, 0.15) is 95.4 Å². The number of halogens is 1. The highest BCUT2D eigenvalue weighted by atomic mass is 32.2. The summed E-state index contributed by atoms with van der Waals surface area (Å²) in [5.41, 5.74) is 6.03. The van der Waals surface area contributed by atoms with Crippen LogP contribution in [0.25, 0.3) is 32.9 Å². The Hall–Kier alpha value is -6.47. The van der Waals surface area contributed by atoms with E-state index in [0.717, 1.165) is 105 Å². The lowest BCUT2D eigenvalue weighted by atomic mass is 9.85. The number of aryl methyl sites for hydroxylation is 2. The molecular formula is C59H77FN10O10S2. The Balaban J connectivity index is 0.650. The van der Waals surface area contributed by atoms with Crippen LogP contribution >= 0.6 is 11.3 Å². The number of sulfonamides is 1. The van der Waals surface area contributed by atoms with Crippen molar-refractivity contribution in [3.63, 3.8) is 0 Å². The van der Waals surface area contributed by atoms with E-state index in [1.54, 1.807) is 48.7 Å². The predicted octanol–water partition coefficient (Wildman–Crippen LogP) is 7.74. The number of amides is 3. The van der Waals surface area contributed by atoms with Crippen LogP contribution in [0.4, 0.5) is 10.1 Å². The summed E-state index contributed by atoms with van der Waals surface area (Å²) < 4.78 is 66.6. The molecular weight excluding hydrogens is 1090 g/mol. The number of unbranched alkanes of at least 4 members (excludes halogenated alkanes) is 6. The zero-order chi connectivity index (χ0) is 58.2. The molecule has 3 aromatic heterocycles. The van der Waals surface area contributed by atoms with Gasteiger partial charge in [-0.25, -0.2) is 22.8 Å². The highest BCUT2D eigenvalue weighted by molar-refractivity contribution is 7.92. The molecule has 0 unspecified atom stereocenters. The molecule has 4 atom stereocenters. The van der Waals surface area contributed by atoms with Crippen molar-refractivity contribution < 1.29 is 51.2 Å². The number of aliphatic hydroxyl groups excluding tert-OH is 1. The smallest absolute Gasteiger partial charge is 0.264 e. The third-order valence-corrected chi connectivity index (χ3v) is 16.8. The average molecular weight is 1170 g/mol. The molecule has 20 nitrogen and oxygen atoms in total. The first-order valence-electron chi connectivity index (χ1n) is 28.2. The molecule has 2 aliphatic heterocycles. The largest absolute Gasteiger partial charge is 0.474 e. The van der Waals surface area contributed by atoms with Gasteiger partial charge in [-0.15, -0.1) is 11.3 Å². The van der Waals surface area contributed by atoms with Crippen molar-refractivity contribution in [2.45, 2.75) is 128 Å². The molecule has 5 heterocycles. The molecule has 2 saturated heterocycles. The molecule has 23 heteroatoms. The lowest BCUT2D eigenvalue weighted by Gasteiger charge is -2.35. The number of nitrogens with one attached hydrogen (secondary N) is 4. The highest BCUT2D eigenvalue weighted by Gasteiger charge is 2.44. The second-order valence-electron chi connectivity index (χ2n) is 22.1. The van der Waals surface area contributed by atoms with Gasteiger partial charge in [-0.3, -0.25) is 29.1 Å². The number of hydrogen-bond donors (Lipinski definition) is 5. The third kappa shape index (κ3) is 17.3. The van der Waals surface area contributed by atoms with Gasteiger partial charge in [-0.1, -0.05) is 76.8 Å². The number of carbonyl (C=O) groups is 3. The van der Waals surface area contributed by atoms with Crippen LogP contribution in [0.2, 0.25) is 0 Å². The van der Waals surface area contributed by atoms with Gasteiger partial charge in [-0.2, -0.15) is 10.1 Å². The van der Waals surface area contributed by atoms with Crippen molar-refractivity contribution in [2.75, 3.05) is 70.5 Å². The quantitative estimate of drug-likeness (QED) is 0.0282. The molecule has 82 heavy (non-hydrogen) atoms. The van der Waals surface area contributed by atoms with Crippen LogP contribution in [0.5, 0.6) is 5.88 Å². The summed E-state index contributed by atoms with van der Waals surface area (Å²) in [7, 11) is -4.16. The SMILES string of the molecule is Cc1ccc(F)c(S(=O)(=O)Nc2ccc(-c3nc(OC[C@H]4CN(CCCCCCOCCCCCCOCC(=O)N[C@H](C(=O)N5C[C@H](O)C[C@H]5C(=O)NCc5ccc(-c6scnc6C)cc5)C(C)(C)C)CCO4)c4cn[nH]c4n3)cc2)c1. The van der Waals surface area contributed by atoms with Crippen LogP contribution < -0.4 is 20.1 Å². The standard InChI is InChI=1S/C59H77FN10O10S2/c1-39-14-23-48(60)50(30-39)82(75,76)68-44-21-19-43(20-22-44)54-65-55-47(33-63-67-55)57(66-54)80-36-46-35-69(25-29-79-46)24-10-6-7-11-26-77-27-12-8-9-13-28-78-37-51(72)64-53(59(3,4)5)58(74)70-34-45(71)31-49(70)56(73)61-32-41-15-17-42(18-16-41)52-40(2)62-38-81-52/h14-23,30,33,38,45-46,49,53,68,71H,6-13,24-29,31-32,34-37H2,1-5H3,(H,61,73)(H,64,72)(H,63,65,66,67)/t45-,46-,49+,53-/m1/s1. The molecule has 442 valence electrons. The molecule has 2 aliphatic rings. The van der Waals surface area contributed by atoms with Gasteiger partial charge in [0.25, 0.3) is 10.0 Å². The van der Waals surface area contributed by atoms with E-state index in [1.807, 2.05) is 57.5 Å². The molecule has 6 aromatic rings. The zero-order valence-corrected chi connectivity index (χ0v) is 49.1. The second-order valence-corrected chi connectivity index (χ2v) is 24.6. The number of thiazole rings is 1. The predicted molar refractivity (Wildman–Crippen MR) is 311 cm³/mol. The lowest BCUT2D eigenvalue weighted by Crippen LogP contribution is -2.58. The van der Waals surface area contributed by atoms with Gasteiger partial charge in [0.05, 0.1) is 35.0 Å². The van der Waals surface area contributed by atoms with E-state index in [4.69, 9.17) is 18.9 Å². The van der Waals surface area contributed by atoms with Gasteiger partial charge in [0.1, 0.15) is 47.5 Å². The van der Waals surface area contributed by atoms with E-state index in [2.05, 4.69) is 45.4 Å². The number of H-pyrrole nitrogens is 1. The summed E-state index contributed by atoms with van der Waals surface area (Å²) in [6.45, 7) is 14.5. The number of carbonyl (C=O) groups excluding carboxylic acids is 3. The summed E-state index contributed by atoms with van der Waals surface area (Å²) in [4.78, 5) is 58.6. The first-order chi connectivity index (χ1) is 39.4. The summed E-state index contributed by atoms with van der Waals surface area (Å²) in [5, 5.41) is 24.0.